The van der Waals surface area contributed by atoms with Crippen LogP contribution in [0, 0.1) is 0 Å². The van der Waals surface area contributed by atoms with Crippen molar-refractivity contribution in [2.24, 2.45) is 0 Å². The van der Waals surface area contributed by atoms with Crippen LogP contribution in [0.15, 0.2) is 70.9 Å². The normalized spacial score (nSPS) is 21.6. The lowest BCUT2D eigenvalue weighted by atomic mass is 9.94. The molecule has 2 aliphatic rings. The number of likely N-dealkylation sites (tertiary alicyclic amines) is 1. The molecule has 162 valence electrons. The average molecular weight is 431 g/mol. The summed E-state index contributed by atoms with van der Waals surface area (Å²) in [6.07, 6.45) is 2.23. The number of hydrogen-bond donors (Lipinski definition) is 2. The largest absolute Gasteiger partial charge is 0.508 e. The third-order valence-corrected chi connectivity index (χ3v) is 5.82. The van der Waals surface area contributed by atoms with E-state index in [2.05, 4.69) is 0 Å². The van der Waals surface area contributed by atoms with Gasteiger partial charge in [0.2, 0.25) is 0 Å². The summed E-state index contributed by atoms with van der Waals surface area (Å²) >= 11 is 0. The van der Waals surface area contributed by atoms with E-state index in [1.54, 1.807) is 42.5 Å². The van der Waals surface area contributed by atoms with Crippen molar-refractivity contribution in [3.63, 3.8) is 0 Å². The Bertz CT molecular complexity index is 1230. The fourth-order valence-electron chi connectivity index (χ4n) is 4.34. The van der Waals surface area contributed by atoms with Gasteiger partial charge in [0.25, 0.3) is 11.7 Å². The molecule has 0 bridgehead atoms. The van der Waals surface area contributed by atoms with Crippen molar-refractivity contribution in [3.8, 4) is 11.5 Å². The van der Waals surface area contributed by atoms with E-state index in [1.165, 1.54) is 23.3 Å². The van der Waals surface area contributed by atoms with Crippen LogP contribution in [0.25, 0.3) is 5.76 Å². The summed E-state index contributed by atoms with van der Waals surface area (Å²) in [6, 6.07) is 14.1. The summed E-state index contributed by atoms with van der Waals surface area (Å²) in [5, 5.41) is 20.9. The van der Waals surface area contributed by atoms with Crippen molar-refractivity contribution < 1.29 is 29.0 Å². The maximum atomic E-state index is 13.1. The van der Waals surface area contributed by atoms with E-state index in [1.807, 2.05) is 6.92 Å². The number of phenolic OH excluding ortho intramolecular Hbond substituents is 1. The number of aliphatic hydroxyl groups excluding tert-OH is 1. The number of benzene rings is 2. The van der Waals surface area contributed by atoms with Crippen molar-refractivity contribution >= 4 is 17.4 Å². The Morgan fingerprint density at radius 1 is 1.12 bits per heavy atom. The van der Waals surface area contributed by atoms with E-state index in [-0.39, 0.29) is 29.7 Å². The number of aromatic hydroxyl groups is 1. The maximum absolute atomic E-state index is 13.1. The highest BCUT2D eigenvalue weighted by Gasteiger charge is 2.46. The molecule has 1 fully saturated rings. The standard InChI is InChI=1S/C25H21NO6/c1-14-11-17-12-16(6-9-20(17)32-14)23(28)21-22(15-4-7-18(27)8-5-15)26(25(30)24(21)29)13-19-3-2-10-31-19/h2-10,12,14,22,27-28H,11,13H2,1H3. The second-order valence-electron chi connectivity index (χ2n) is 8.05. The van der Waals surface area contributed by atoms with E-state index < -0.39 is 17.7 Å². The zero-order chi connectivity index (χ0) is 22.4. The Morgan fingerprint density at radius 3 is 2.62 bits per heavy atom. The monoisotopic (exact) mass is 431 g/mol. The lowest BCUT2D eigenvalue weighted by Gasteiger charge is -2.24. The smallest absolute Gasteiger partial charge is 0.296 e. The molecule has 1 amide bonds. The third kappa shape index (κ3) is 3.32. The predicted octanol–water partition coefficient (Wildman–Crippen LogP) is 3.93. The summed E-state index contributed by atoms with van der Waals surface area (Å²) in [5.74, 6) is -0.409. The van der Waals surface area contributed by atoms with Gasteiger partial charge in [0.05, 0.1) is 24.4 Å². The predicted molar refractivity (Wildman–Crippen MR) is 115 cm³/mol. The van der Waals surface area contributed by atoms with E-state index in [0.29, 0.717) is 23.3 Å². The first-order valence-corrected chi connectivity index (χ1v) is 10.3. The number of ketones is 1. The highest BCUT2D eigenvalue weighted by molar-refractivity contribution is 6.46. The third-order valence-electron chi connectivity index (χ3n) is 5.82. The minimum Gasteiger partial charge on any atom is -0.508 e. The Balaban J connectivity index is 1.63. The van der Waals surface area contributed by atoms with Crippen molar-refractivity contribution in [1.82, 2.24) is 4.90 Å². The Morgan fingerprint density at radius 2 is 1.91 bits per heavy atom. The molecule has 0 saturated carbocycles. The van der Waals surface area contributed by atoms with Crippen LogP contribution in [0.3, 0.4) is 0 Å². The zero-order valence-corrected chi connectivity index (χ0v) is 17.3. The lowest BCUT2D eigenvalue weighted by Crippen LogP contribution is -2.29. The molecule has 2 aromatic carbocycles. The van der Waals surface area contributed by atoms with Gasteiger partial charge in [-0.15, -0.1) is 0 Å². The number of Topliss-reactive ketones (excluding diaryl/α,β-unsaturated/α-hetero) is 1. The number of amides is 1. The minimum atomic E-state index is -0.830. The molecule has 3 aromatic rings. The fourth-order valence-corrected chi connectivity index (χ4v) is 4.34. The molecule has 0 spiro atoms. The maximum Gasteiger partial charge on any atom is 0.296 e. The quantitative estimate of drug-likeness (QED) is 0.369. The first kappa shape index (κ1) is 19.9. The van der Waals surface area contributed by atoms with Gasteiger partial charge < -0.3 is 24.3 Å². The first-order chi connectivity index (χ1) is 15.4. The van der Waals surface area contributed by atoms with Crippen LogP contribution >= 0.6 is 0 Å². The molecule has 2 atom stereocenters. The molecule has 2 aliphatic heterocycles. The van der Waals surface area contributed by atoms with Crippen LogP contribution in [0.5, 0.6) is 11.5 Å². The van der Waals surface area contributed by atoms with Crippen molar-refractivity contribution in [3.05, 3.63) is 88.9 Å². The van der Waals surface area contributed by atoms with Gasteiger partial charge >= 0.3 is 0 Å². The summed E-state index contributed by atoms with van der Waals surface area (Å²) < 4.78 is 11.1. The van der Waals surface area contributed by atoms with E-state index in [0.717, 1.165) is 11.3 Å². The number of carbonyl (C=O) groups is 2. The molecule has 0 radical (unpaired) electrons. The number of furan rings is 1. The van der Waals surface area contributed by atoms with E-state index in [9.17, 15) is 19.8 Å². The first-order valence-electron chi connectivity index (χ1n) is 10.3. The SMILES string of the molecule is CC1Cc2cc(C(O)=C3C(=O)C(=O)N(Cc4ccco4)C3c3ccc(O)cc3)ccc2O1. The van der Waals surface area contributed by atoms with Crippen LogP contribution in [0.4, 0.5) is 0 Å². The van der Waals surface area contributed by atoms with Gasteiger partial charge in [0.1, 0.15) is 29.1 Å². The van der Waals surface area contributed by atoms with Crippen molar-refractivity contribution in [2.75, 3.05) is 0 Å². The van der Waals surface area contributed by atoms with Crippen molar-refractivity contribution in [2.45, 2.75) is 32.0 Å². The number of fused-ring (bicyclic) bond motifs is 1. The molecule has 0 aliphatic carbocycles. The summed E-state index contributed by atoms with van der Waals surface area (Å²) in [7, 11) is 0. The van der Waals surface area contributed by atoms with Gasteiger partial charge in [-0.25, -0.2) is 0 Å². The molecule has 7 heteroatoms. The van der Waals surface area contributed by atoms with Crippen LogP contribution in [-0.4, -0.2) is 32.9 Å². The average Bonchev–Trinajstić information content (AvgIpc) is 3.48. The Kier molecular flexibility index (Phi) is 4.74. The summed E-state index contributed by atoms with van der Waals surface area (Å²) in [4.78, 5) is 27.4. The zero-order valence-electron chi connectivity index (χ0n) is 17.3. The van der Waals surface area contributed by atoms with Gasteiger partial charge in [0, 0.05) is 12.0 Å². The molecule has 1 saturated heterocycles. The summed E-state index contributed by atoms with van der Waals surface area (Å²) in [6.45, 7) is 2.03. The molecule has 32 heavy (non-hydrogen) atoms. The number of ether oxygens (including phenoxy) is 1. The topological polar surface area (TPSA) is 100 Å². The molecule has 5 rings (SSSR count). The van der Waals surface area contributed by atoms with Gasteiger partial charge in [-0.05, 0) is 60.5 Å². The van der Waals surface area contributed by atoms with Crippen LogP contribution in [0.2, 0.25) is 0 Å². The number of phenols is 1. The van der Waals surface area contributed by atoms with E-state index >= 15 is 0 Å². The lowest BCUT2D eigenvalue weighted by molar-refractivity contribution is -0.140. The molecular weight excluding hydrogens is 410 g/mol. The summed E-state index contributed by atoms with van der Waals surface area (Å²) in [5.41, 5.74) is 1.97. The number of carbonyl (C=O) groups excluding carboxylic acids is 2. The molecule has 3 heterocycles. The number of hydrogen-bond acceptors (Lipinski definition) is 6. The Labute approximate surface area is 184 Å². The van der Waals surface area contributed by atoms with Gasteiger partial charge in [-0.3, -0.25) is 9.59 Å². The van der Waals surface area contributed by atoms with Crippen molar-refractivity contribution in [1.29, 1.82) is 0 Å². The highest BCUT2D eigenvalue weighted by Crippen LogP contribution is 2.41. The molecule has 7 nitrogen and oxygen atoms in total. The molecule has 1 aromatic heterocycles. The van der Waals surface area contributed by atoms with Crippen LogP contribution < -0.4 is 4.74 Å². The number of aliphatic hydroxyl groups is 1. The van der Waals surface area contributed by atoms with Gasteiger partial charge in [0.15, 0.2) is 0 Å². The van der Waals surface area contributed by atoms with Gasteiger partial charge in [-0.2, -0.15) is 0 Å². The second kappa shape index (κ2) is 7.60. The van der Waals surface area contributed by atoms with Crippen LogP contribution in [0.1, 0.15) is 35.4 Å². The Hall–Kier alpha value is -4.00. The van der Waals surface area contributed by atoms with Crippen LogP contribution in [-0.2, 0) is 22.6 Å². The molecule has 2 N–H and O–H groups in total. The second-order valence-corrected chi connectivity index (χ2v) is 8.05. The number of rotatable bonds is 4. The molecular formula is C25H21NO6. The highest BCUT2D eigenvalue weighted by atomic mass is 16.5. The van der Waals surface area contributed by atoms with E-state index in [4.69, 9.17) is 9.15 Å². The van der Waals surface area contributed by atoms with Gasteiger partial charge in [-0.1, -0.05) is 12.1 Å². The minimum absolute atomic E-state index is 0.000778. The fraction of sp³-hybridized carbons (Fsp3) is 0.200. The molecule has 2 unspecified atom stereocenters. The number of nitrogens with zero attached hydrogens (tertiary/aromatic N) is 1.